The average Bonchev–Trinajstić information content (AvgIpc) is 4.00. The first-order chi connectivity index (χ1) is 31.1. The molecule has 0 unspecified atom stereocenters. The van der Waals surface area contributed by atoms with Gasteiger partial charge in [-0.15, -0.1) is 36.6 Å². The van der Waals surface area contributed by atoms with Gasteiger partial charge in [0.1, 0.15) is 13.6 Å². The molecule has 65 heavy (non-hydrogen) atoms. The number of hydrazine groups is 1. The highest BCUT2D eigenvalue weighted by Crippen LogP contribution is 2.55. The number of aryl methyl sites for hydroxylation is 3. The number of nitrogens with zero attached hydrogens (tertiary/aromatic N) is 3. The van der Waals surface area contributed by atoms with Crippen LogP contribution in [0.15, 0.2) is 93.3 Å². The Kier molecular flexibility index (Phi) is 9.68. The molecule has 0 atom stereocenters. The second kappa shape index (κ2) is 15.0. The molecule has 2 N–H and O–H groups in total. The van der Waals surface area contributed by atoms with E-state index in [1.165, 1.54) is 69.9 Å². The number of anilines is 1. The lowest BCUT2D eigenvalue weighted by Gasteiger charge is -2.31. The molecule has 0 saturated carbocycles. The van der Waals surface area contributed by atoms with Crippen molar-refractivity contribution in [2.45, 2.75) is 90.9 Å². The van der Waals surface area contributed by atoms with Gasteiger partial charge in [-0.2, -0.15) is 0 Å². The fourth-order valence-corrected chi connectivity index (χ4v) is 13.0. The van der Waals surface area contributed by atoms with E-state index in [0.29, 0.717) is 23.2 Å². The predicted molar refractivity (Wildman–Crippen MR) is 284 cm³/mol. The molecule has 6 aromatic carbocycles. The third-order valence-corrected chi connectivity index (χ3v) is 17.5. The SMILES string of the molecule is [B]c1c(S)c(O)c2c3c1-n1c4c(C)c(C)c(C)c(C)c4c4c(C)c(S)c(C)c(c41)Cc1c(C)c(NN(C)C(=NC(=C)C4=CCCC=C4)c4cccc5sc6ccccc6c45)c(C)c(c1-3)C2. The Balaban J connectivity index is 1.18. The van der Waals surface area contributed by atoms with Crippen LogP contribution in [0.1, 0.15) is 85.2 Å². The summed E-state index contributed by atoms with van der Waals surface area (Å²) in [6.45, 7) is 22.4. The van der Waals surface area contributed by atoms with Gasteiger partial charge >= 0.3 is 0 Å². The normalized spacial score (nSPS) is 14.1. The predicted octanol–water partition coefficient (Wildman–Crippen LogP) is 13.7. The summed E-state index contributed by atoms with van der Waals surface area (Å²) in [6.07, 6.45) is 9.76. The van der Waals surface area contributed by atoms with Crippen LogP contribution in [0.5, 0.6) is 5.75 Å². The van der Waals surface area contributed by atoms with Crippen LogP contribution in [0.2, 0.25) is 0 Å². The van der Waals surface area contributed by atoms with Crippen LogP contribution in [-0.4, -0.2) is 35.4 Å². The summed E-state index contributed by atoms with van der Waals surface area (Å²) < 4.78 is 4.89. The third-order valence-electron chi connectivity index (χ3n) is 15.2. The highest BCUT2D eigenvalue weighted by Gasteiger charge is 2.38. The molecule has 0 amide bonds. The number of rotatable bonds is 5. The maximum absolute atomic E-state index is 12.1. The van der Waals surface area contributed by atoms with E-state index in [0.717, 1.165) is 102 Å². The van der Waals surface area contributed by atoms with E-state index < -0.39 is 0 Å². The van der Waals surface area contributed by atoms with Crippen molar-refractivity contribution in [1.29, 1.82) is 0 Å². The molecule has 0 saturated heterocycles. The standard InChI is InChI=1S/C56H51BN4OS3/c1-25-26(2)28(4)50-43(27(25)3)44-32(8)54(63)31(7)39-23-37-29(5)49(30(6)38-24-40-47(46(37)38)52(61(50)51(39)44)48(57)55(64)53(40)62)59-60(10)56(58-33(9)34-17-12-11-13-18-34)36-20-16-22-42-45(36)35-19-14-15-21-41(35)65-42/h12,14-22,59,62-64H,9,11,13,23-24H2,1-8,10H3. The third kappa shape index (κ3) is 5.77. The molecule has 8 aromatic rings. The highest BCUT2D eigenvalue weighted by molar-refractivity contribution is 7.80. The summed E-state index contributed by atoms with van der Waals surface area (Å²) in [7, 11) is 9.39. The maximum atomic E-state index is 12.1. The zero-order valence-corrected chi connectivity index (χ0v) is 41.1. The van der Waals surface area contributed by atoms with Crippen LogP contribution in [0.25, 0.3) is 58.8 Å². The molecule has 11 rings (SSSR count). The number of thiol groups is 2. The minimum atomic E-state index is 0.150. The first-order valence-corrected chi connectivity index (χ1v) is 24.2. The average molecular weight is 903 g/mol. The Morgan fingerprint density at radius 2 is 1.42 bits per heavy atom. The number of thiophene rings is 1. The number of nitrogens with one attached hydrogen (secondary N) is 1. The largest absolute Gasteiger partial charge is 0.506 e. The van der Waals surface area contributed by atoms with Gasteiger partial charge in [-0.3, -0.25) is 10.4 Å². The van der Waals surface area contributed by atoms with E-state index in [9.17, 15) is 5.11 Å². The highest BCUT2D eigenvalue weighted by atomic mass is 32.1. The number of aliphatic imine (C=N–C) groups is 1. The van der Waals surface area contributed by atoms with Crippen molar-refractivity contribution in [2.75, 3.05) is 12.5 Å². The smallest absolute Gasteiger partial charge is 0.155 e. The zero-order chi connectivity index (χ0) is 45.7. The summed E-state index contributed by atoms with van der Waals surface area (Å²) in [4.78, 5) is 6.83. The molecule has 0 bridgehead atoms. The van der Waals surface area contributed by atoms with Gasteiger partial charge < -0.3 is 9.67 Å². The number of amidine groups is 1. The first-order valence-electron chi connectivity index (χ1n) is 22.4. The summed E-state index contributed by atoms with van der Waals surface area (Å²) >= 11 is 12.1. The number of aromatic hydroxyl groups is 1. The van der Waals surface area contributed by atoms with Gasteiger partial charge in [-0.1, -0.05) is 60.6 Å². The van der Waals surface area contributed by atoms with Crippen molar-refractivity contribution < 1.29 is 5.11 Å². The summed E-state index contributed by atoms with van der Waals surface area (Å²) in [6, 6.07) is 15.2. The second-order valence-electron chi connectivity index (χ2n) is 18.5. The summed E-state index contributed by atoms with van der Waals surface area (Å²) in [5, 5.41) is 19.0. The lowest BCUT2D eigenvalue weighted by molar-refractivity contribution is 0.458. The molecule has 322 valence electrons. The number of fused-ring (bicyclic) bond motifs is 7. The molecule has 5 nitrogen and oxygen atoms in total. The Hall–Kier alpha value is -5.61. The molecule has 1 aliphatic heterocycles. The van der Waals surface area contributed by atoms with Crippen molar-refractivity contribution in [1.82, 2.24) is 9.58 Å². The molecular weight excluding hydrogens is 852 g/mol. The van der Waals surface area contributed by atoms with Crippen LogP contribution in [0, 0.1) is 55.4 Å². The topological polar surface area (TPSA) is 52.8 Å². The number of allylic oxidation sites excluding steroid dienone is 3. The van der Waals surface area contributed by atoms with Gasteiger partial charge in [0.15, 0.2) is 5.84 Å². The second-order valence-corrected chi connectivity index (χ2v) is 20.4. The molecule has 2 aliphatic carbocycles. The van der Waals surface area contributed by atoms with Crippen LogP contribution in [0.3, 0.4) is 0 Å². The maximum Gasteiger partial charge on any atom is 0.155 e. The van der Waals surface area contributed by atoms with Gasteiger partial charge in [-0.05, 0) is 153 Å². The van der Waals surface area contributed by atoms with E-state index in [1.54, 1.807) is 11.3 Å². The quantitative estimate of drug-likeness (QED) is 0.0458. The van der Waals surface area contributed by atoms with E-state index >= 15 is 0 Å². The fourth-order valence-electron chi connectivity index (χ4n) is 11.4. The summed E-state index contributed by atoms with van der Waals surface area (Å²) in [5.41, 5.74) is 27.7. The monoisotopic (exact) mass is 902 g/mol. The van der Waals surface area contributed by atoms with Crippen LogP contribution >= 0.6 is 36.6 Å². The Morgan fingerprint density at radius 1 is 0.738 bits per heavy atom. The minimum Gasteiger partial charge on any atom is -0.506 e. The number of benzene rings is 6. The molecule has 2 aromatic heterocycles. The van der Waals surface area contributed by atoms with Crippen molar-refractivity contribution in [3.05, 3.63) is 151 Å². The van der Waals surface area contributed by atoms with Gasteiger partial charge in [0, 0.05) is 83.0 Å². The number of aromatic nitrogens is 1. The number of hydrogen-bond acceptors (Lipinski definition) is 6. The van der Waals surface area contributed by atoms with Crippen LogP contribution in [-0.2, 0) is 12.8 Å². The Morgan fingerprint density at radius 3 is 2.14 bits per heavy atom. The zero-order valence-electron chi connectivity index (χ0n) is 38.5. The molecule has 2 radical (unpaired) electrons. The molecule has 3 heterocycles. The van der Waals surface area contributed by atoms with Crippen molar-refractivity contribution in [3.63, 3.8) is 0 Å². The van der Waals surface area contributed by atoms with Gasteiger partial charge in [-0.25, -0.2) is 4.99 Å². The van der Waals surface area contributed by atoms with E-state index in [1.807, 2.05) is 0 Å². The molecular formula is C56H51BN4OS3. The Bertz CT molecular complexity index is 3640. The van der Waals surface area contributed by atoms with E-state index in [2.05, 4.69) is 145 Å². The van der Waals surface area contributed by atoms with Crippen molar-refractivity contribution in [3.8, 4) is 22.6 Å². The van der Waals surface area contributed by atoms with Crippen LogP contribution in [0.4, 0.5) is 5.69 Å². The summed E-state index contributed by atoms with van der Waals surface area (Å²) in [5.74, 6) is 0.926. The van der Waals surface area contributed by atoms with Gasteiger partial charge in [0.25, 0.3) is 0 Å². The lowest BCUT2D eigenvalue weighted by atomic mass is 9.81. The van der Waals surface area contributed by atoms with E-state index in [4.69, 9.17) is 38.1 Å². The fraction of sp³-hybridized carbons (Fsp3) is 0.232. The van der Waals surface area contributed by atoms with Crippen molar-refractivity contribution in [2.24, 2.45) is 4.99 Å². The van der Waals surface area contributed by atoms with Gasteiger partial charge in [0.05, 0.1) is 22.4 Å². The molecule has 3 aliphatic rings. The molecule has 9 heteroatoms. The first kappa shape index (κ1) is 42.1. The Labute approximate surface area is 397 Å². The number of phenols is 1. The number of phenolic OH excluding ortho intramolecular Hbond substituents is 1. The minimum absolute atomic E-state index is 0.150. The lowest BCUT2D eigenvalue weighted by Crippen LogP contribution is -2.34. The van der Waals surface area contributed by atoms with Crippen LogP contribution < -0.4 is 10.9 Å². The van der Waals surface area contributed by atoms with Gasteiger partial charge in [0.2, 0.25) is 0 Å². The molecule has 0 spiro atoms. The number of hydrogen-bond donors (Lipinski definition) is 4. The van der Waals surface area contributed by atoms with Crippen molar-refractivity contribution >= 4 is 103 Å². The van der Waals surface area contributed by atoms with E-state index in [-0.39, 0.29) is 5.75 Å². The molecule has 0 fully saturated rings.